The predicted octanol–water partition coefficient (Wildman–Crippen LogP) is 2.10. The first-order chi connectivity index (χ1) is 11.9. The minimum absolute atomic E-state index is 0.199. The lowest BCUT2D eigenvalue weighted by atomic mass is 10.1. The summed E-state index contributed by atoms with van der Waals surface area (Å²) in [5, 5.41) is 11.2. The maximum absolute atomic E-state index is 10.5. The first-order valence-electron chi connectivity index (χ1n) is 8.08. The summed E-state index contributed by atoms with van der Waals surface area (Å²) in [4.78, 5) is 20.8. The fourth-order valence-corrected chi connectivity index (χ4v) is 2.41. The second kappa shape index (κ2) is 8.98. The normalized spacial score (nSPS) is 10.7. The molecule has 1 aromatic carbocycles. The SMILES string of the molecule is Cc1cc(C)cc(OCCN(C)Cc2cnc(NCC(=O)O)nc2)c1. The number of aromatic nitrogens is 2. The van der Waals surface area contributed by atoms with Gasteiger partial charge in [-0.25, -0.2) is 9.97 Å². The number of rotatable bonds is 9. The van der Waals surface area contributed by atoms with Crippen molar-refractivity contribution in [3.63, 3.8) is 0 Å². The molecule has 0 bridgehead atoms. The predicted molar refractivity (Wildman–Crippen MR) is 95.9 cm³/mol. The molecule has 0 unspecified atom stereocenters. The highest BCUT2D eigenvalue weighted by atomic mass is 16.5. The van der Waals surface area contributed by atoms with Crippen LogP contribution >= 0.6 is 0 Å². The van der Waals surface area contributed by atoms with Crippen molar-refractivity contribution in [1.29, 1.82) is 0 Å². The Morgan fingerprint density at radius 2 is 1.84 bits per heavy atom. The molecule has 2 aromatic rings. The summed E-state index contributed by atoms with van der Waals surface area (Å²) in [6.07, 6.45) is 3.39. The van der Waals surface area contributed by atoms with Crippen molar-refractivity contribution in [3.8, 4) is 5.75 Å². The lowest BCUT2D eigenvalue weighted by Gasteiger charge is -2.17. The maximum atomic E-state index is 10.5. The van der Waals surface area contributed by atoms with E-state index in [1.54, 1.807) is 12.4 Å². The number of carboxylic acids is 1. The number of nitrogens with zero attached hydrogens (tertiary/aromatic N) is 3. The molecule has 0 atom stereocenters. The number of nitrogens with one attached hydrogen (secondary N) is 1. The molecule has 25 heavy (non-hydrogen) atoms. The number of likely N-dealkylation sites (N-methyl/N-ethyl adjacent to an activating group) is 1. The van der Waals surface area contributed by atoms with Crippen LogP contribution in [0.4, 0.5) is 5.95 Å². The van der Waals surface area contributed by atoms with Gasteiger partial charge in [-0.1, -0.05) is 6.07 Å². The highest BCUT2D eigenvalue weighted by Gasteiger charge is 2.04. The van der Waals surface area contributed by atoms with E-state index in [1.807, 2.05) is 19.2 Å². The zero-order chi connectivity index (χ0) is 18.2. The topological polar surface area (TPSA) is 87.6 Å². The van der Waals surface area contributed by atoms with Gasteiger partial charge in [0.2, 0.25) is 5.95 Å². The maximum Gasteiger partial charge on any atom is 0.322 e. The number of hydrogen-bond donors (Lipinski definition) is 2. The summed E-state index contributed by atoms with van der Waals surface area (Å²) in [5.74, 6) is 0.256. The Labute approximate surface area is 147 Å². The minimum Gasteiger partial charge on any atom is -0.492 e. The first kappa shape index (κ1) is 18.7. The molecule has 0 saturated heterocycles. The molecule has 0 aliphatic rings. The van der Waals surface area contributed by atoms with E-state index in [0.29, 0.717) is 19.1 Å². The summed E-state index contributed by atoms with van der Waals surface area (Å²) >= 11 is 0. The minimum atomic E-state index is -0.948. The van der Waals surface area contributed by atoms with Crippen molar-refractivity contribution in [2.45, 2.75) is 20.4 Å². The largest absolute Gasteiger partial charge is 0.492 e. The van der Waals surface area contributed by atoms with Crippen molar-refractivity contribution in [2.75, 3.05) is 32.1 Å². The van der Waals surface area contributed by atoms with E-state index in [-0.39, 0.29) is 6.54 Å². The van der Waals surface area contributed by atoms with Crippen LogP contribution in [0, 0.1) is 13.8 Å². The van der Waals surface area contributed by atoms with Crippen LogP contribution in [0.15, 0.2) is 30.6 Å². The van der Waals surface area contributed by atoms with Gasteiger partial charge in [-0.15, -0.1) is 0 Å². The first-order valence-corrected chi connectivity index (χ1v) is 8.08. The van der Waals surface area contributed by atoms with E-state index in [9.17, 15) is 4.79 Å². The van der Waals surface area contributed by atoms with Crippen molar-refractivity contribution in [2.24, 2.45) is 0 Å². The van der Waals surface area contributed by atoms with E-state index in [2.05, 4.69) is 40.1 Å². The summed E-state index contributed by atoms with van der Waals surface area (Å²) in [7, 11) is 2.00. The smallest absolute Gasteiger partial charge is 0.322 e. The number of anilines is 1. The monoisotopic (exact) mass is 344 g/mol. The van der Waals surface area contributed by atoms with Crippen LogP contribution < -0.4 is 10.1 Å². The van der Waals surface area contributed by atoms with E-state index in [1.165, 1.54) is 11.1 Å². The molecule has 2 N–H and O–H groups in total. The number of benzene rings is 1. The van der Waals surface area contributed by atoms with Gasteiger partial charge in [0.15, 0.2) is 0 Å². The number of ether oxygens (including phenoxy) is 1. The van der Waals surface area contributed by atoms with Crippen LogP contribution in [0.2, 0.25) is 0 Å². The number of aryl methyl sites for hydroxylation is 2. The lowest BCUT2D eigenvalue weighted by Crippen LogP contribution is -2.24. The zero-order valence-corrected chi connectivity index (χ0v) is 14.8. The fourth-order valence-electron chi connectivity index (χ4n) is 2.41. The average molecular weight is 344 g/mol. The molecule has 0 amide bonds. The summed E-state index contributed by atoms with van der Waals surface area (Å²) in [6, 6.07) is 6.18. The Balaban J connectivity index is 1.76. The summed E-state index contributed by atoms with van der Waals surface area (Å²) in [6.45, 7) is 5.97. The molecule has 134 valence electrons. The second-order valence-corrected chi connectivity index (χ2v) is 6.07. The second-order valence-electron chi connectivity index (χ2n) is 6.07. The molecule has 7 nitrogen and oxygen atoms in total. The molecule has 0 aliphatic heterocycles. The van der Waals surface area contributed by atoms with Crippen LogP contribution in [0.25, 0.3) is 0 Å². The van der Waals surface area contributed by atoms with Crippen LogP contribution in [0.1, 0.15) is 16.7 Å². The summed E-state index contributed by atoms with van der Waals surface area (Å²) in [5.41, 5.74) is 3.34. The number of carboxylic acid groups (broad SMARTS) is 1. The van der Waals surface area contributed by atoms with Crippen LogP contribution in [-0.4, -0.2) is 52.7 Å². The van der Waals surface area contributed by atoms with Crippen LogP contribution in [-0.2, 0) is 11.3 Å². The van der Waals surface area contributed by atoms with E-state index < -0.39 is 5.97 Å². The van der Waals surface area contributed by atoms with Crippen LogP contribution in [0.5, 0.6) is 5.75 Å². The molecule has 0 radical (unpaired) electrons. The van der Waals surface area contributed by atoms with E-state index in [0.717, 1.165) is 17.9 Å². The zero-order valence-electron chi connectivity index (χ0n) is 14.8. The molecule has 0 saturated carbocycles. The average Bonchev–Trinajstić information content (AvgIpc) is 2.53. The van der Waals surface area contributed by atoms with Gasteiger partial charge in [-0.3, -0.25) is 9.69 Å². The van der Waals surface area contributed by atoms with Gasteiger partial charge in [0, 0.05) is 31.0 Å². The van der Waals surface area contributed by atoms with Gasteiger partial charge in [-0.05, 0) is 44.2 Å². The number of aliphatic carboxylic acids is 1. The molecule has 2 rings (SSSR count). The van der Waals surface area contributed by atoms with Crippen LogP contribution in [0.3, 0.4) is 0 Å². The Kier molecular flexibility index (Phi) is 6.71. The highest BCUT2D eigenvalue weighted by Crippen LogP contribution is 2.16. The van der Waals surface area contributed by atoms with Gasteiger partial charge in [-0.2, -0.15) is 0 Å². The van der Waals surface area contributed by atoms with E-state index >= 15 is 0 Å². The highest BCUT2D eigenvalue weighted by molar-refractivity contribution is 5.71. The van der Waals surface area contributed by atoms with E-state index in [4.69, 9.17) is 9.84 Å². The molecule has 0 fully saturated rings. The molecule has 7 heteroatoms. The van der Waals surface area contributed by atoms with Crippen molar-refractivity contribution < 1.29 is 14.6 Å². The fraction of sp³-hybridized carbons (Fsp3) is 0.389. The Morgan fingerprint density at radius 3 is 2.44 bits per heavy atom. The Hall–Kier alpha value is -2.67. The lowest BCUT2D eigenvalue weighted by molar-refractivity contribution is -0.134. The number of carbonyl (C=O) groups is 1. The molecule has 1 aromatic heterocycles. The Bertz CT molecular complexity index is 684. The van der Waals surface area contributed by atoms with Crippen molar-refractivity contribution >= 4 is 11.9 Å². The third-order valence-corrected chi connectivity index (χ3v) is 3.49. The Morgan fingerprint density at radius 1 is 1.20 bits per heavy atom. The van der Waals surface area contributed by atoms with Gasteiger partial charge < -0.3 is 15.2 Å². The van der Waals surface area contributed by atoms with Gasteiger partial charge in [0.25, 0.3) is 0 Å². The standard InChI is InChI=1S/C18H24N4O3/c1-13-6-14(2)8-16(7-13)25-5-4-22(3)12-15-9-19-18(20-10-15)21-11-17(23)24/h6-10H,4-5,11-12H2,1-3H3,(H,23,24)(H,19,20,21). The summed E-state index contributed by atoms with van der Waals surface area (Å²) < 4.78 is 5.81. The molecule has 0 aliphatic carbocycles. The van der Waals surface area contributed by atoms with Crippen molar-refractivity contribution in [3.05, 3.63) is 47.3 Å². The molecular formula is C18H24N4O3. The number of hydrogen-bond acceptors (Lipinski definition) is 6. The van der Waals surface area contributed by atoms with Crippen molar-refractivity contribution in [1.82, 2.24) is 14.9 Å². The quantitative estimate of drug-likeness (QED) is 0.720. The molecule has 0 spiro atoms. The van der Waals surface area contributed by atoms with Gasteiger partial charge in [0.1, 0.15) is 18.9 Å². The molecule has 1 heterocycles. The van der Waals surface area contributed by atoms with Gasteiger partial charge >= 0.3 is 5.97 Å². The third-order valence-electron chi connectivity index (χ3n) is 3.49. The van der Waals surface area contributed by atoms with Gasteiger partial charge in [0.05, 0.1) is 0 Å². The molecular weight excluding hydrogens is 320 g/mol. The third kappa shape index (κ3) is 6.76.